The average Bonchev–Trinajstić information content (AvgIpc) is 2.19. The summed E-state index contributed by atoms with van der Waals surface area (Å²) in [5, 5.41) is 0. The van der Waals surface area contributed by atoms with E-state index in [0.29, 0.717) is 13.1 Å². The van der Waals surface area contributed by atoms with Crippen LogP contribution in [0.4, 0.5) is 5.69 Å². The molecule has 0 aliphatic carbocycles. The number of nitrogens with one attached hydrogen (secondary N) is 1. The zero-order valence-electron chi connectivity index (χ0n) is 9.53. The summed E-state index contributed by atoms with van der Waals surface area (Å²) in [4.78, 5) is 0. The molecular formula is C11H16N2O2S. The largest absolute Gasteiger partial charge is 0.301 e. The molecule has 2 rings (SSSR count). The van der Waals surface area contributed by atoms with Gasteiger partial charge >= 0.3 is 10.2 Å². The second kappa shape index (κ2) is 4.07. The first-order chi connectivity index (χ1) is 7.52. The van der Waals surface area contributed by atoms with Crippen LogP contribution in [0.15, 0.2) is 18.2 Å². The van der Waals surface area contributed by atoms with Gasteiger partial charge in [0.15, 0.2) is 0 Å². The fourth-order valence-electron chi connectivity index (χ4n) is 2.05. The van der Waals surface area contributed by atoms with Gasteiger partial charge in [0.05, 0.1) is 5.69 Å². The quantitative estimate of drug-likeness (QED) is 0.805. The minimum absolute atomic E-state index is 0.532. The summed E-state index contributed by atoms with van der Waals surface area (Å²) >= 11 is 0. The molecule has 1 aromatic rings. The number of nitrogens with zero attached hydrogens (tertiary/aromatic N) is 1. The number of anilines is 1. The van der Waals surface area contributed by atoms with Crippen molar-refractivity contribution in [3.05, 3.63) is 29.3 Å². The van der Waals surface area contributed by atoms with E-state index in [1.807, 2.05) is 32.0 Å². The van der Waals surface area contributed by atoms with Crippen LogP contribution in [-0.2, 0) is 10.2 Å². The highest BCUT2D eigenvalue weighted by molar-refractivity contribution is 7.90. The van der Waals surface area contributed by atoms with E-state index in [1.54, 1.807) is 0 Å². The van der Waals surface area contributed by atoms with Crippen LogP contribution in [0.1, 0.15) is 17.5 Å². The summed E-state index contributed by atoms with van der Waals surface area (Å²) in [6.07, 6.45) is 0.840. The monoisotopic (exact) mass is 240 g/mol. The maximum atomic E-state index is 11.9. The Morgan fingerprint density at radius 1 is 1.25 bits per heavy atom. The molecule has 1 aromatic carbocycles. The predicted molar refractivity (Wildman–Crippen MR) is 64.8 cm³/mol. The second-order valence-electron chi connectivity index (χ2n) is 4.07. The van der Waals surface area contributed by atoms with Crippen LogP contribution in [0.3, 0.4) is 0 Å². The maximum Gasteiger partial charge on any atom is 0.301 e. The van der Waals surface area contributed by atoms with Crippen molar-refractivity contribution in [3.63, 3.8) is 0 Å². The Morgan fingerprint density at radius 3 is 2.44 bits per heavy atom. The number of rotatable bonds is 1. The summed E-state index contributed by atoms with van der Waals surface area (Å²) in [6.45, 7) is 4.96. The van der Waals surface area contributed by atoms with E-state index in [1.165, 1.54) is 4.31 Å². The third kappa shape index (κ3) is 1.92. The van der Waals surface area contributed by atoms with E-state index in [2.05, 4.69) is 4.72 Å². The van der Waals surface area contributed by atoms with Crippen LogP contribution in [0, 0.1) is 13.8 Å². The molecule has 16 heavy (non-hydrogen) atoms. The van der Waals surface area contributed by atoms with Gasteiger partial charge in [-0.2, -0.15) is 13.1 Å². The lowest BCUT2D eigenvalue weighted by Gasteiger charge is -2.30. The van der Waals surface area contributed by atoms with Crippen LogP contribution in [0.5, 0.6) is 0 Å². The van der Waals surface area contributed by atoms with E-state index < -0.39 is 10.2 Å². The summed E-state index contributed by atoms with van der Waals surface area (Å²) in [5.74, 6) is 0. The highest BCUT2D eigenvalue weighted by atomic mass is 32.2. The summed E-state index contributed by atoms with van der Waals surface area (Å²) in [7, 11) is -3.34. The molecule has 0 bridgehead atoms. The van der Waals surface area contributed by atoms with Crippen molar-refractivity contribution in [3.8, 4) is 0 Å². The Hall–Kier alpha value is -1.07. The number of hydrogen-bond acceptors (Lipinski definition) is 2. The molecule has 1 heterocycles. The molecule has 0 radical (unpaired) electrons. The van der Waals surface area contributed by atoms with E-state index in [4.69, 9.17) is 0 Å². The molecule has 4 nitrogen and oxygen atoms in total. The standard InChI is InChI=1S/C11H16N2O2S/c1-9-5-3-6-10(2)11(9)13-8-4-7-12-16(13,14)15/h3,5-6,12H,4,7-8H2,1-2H3. The van der Waals surface area contributed by atoms with Gasteiger partial charge in [-0.3, -0.25) is 4.31 Å². The van der Waals surface area contributed by atoms with Crippen molar-refractivity contribution in [2.24, 2.45) is 0 Å². The fraction of sp³-hybridized carbons (Fsp3) is 0.455. The SMILES string of the molecule is Cc1cccc(C)c1N1CCCNS1(=O)=O. The minimum Gasteiger partial charge on any atom is -0.257 e. The first-order valence-corrected chi connectivity index (χ1v) is 6.80. The molecule has 0 amide bonds. The third-order valence-electron chi connectivity index (χ3n) is 2.80. The molecular weight excluding hydrogens is 224 g/mol. The van der Waals surface area contributed by atoms with Crippen molar-refractivity contribution >= 4 is 15.9 Å². The number of hydrogen-bond donors (Lipinski definition) is 1. The Kier molecular flexibility index (Phi) is 2.90. The molecule has 1 N–H and O–H groups in total. The zero-order valence-corrected chi connectivity index (χ0v) is 10.3. The topological polar surface area (TPSA) is 49.4 Å². The van der Waals surface area contributed by atoms with E-state index in [9.17, 15) is 8.42 Å². The normalized spacial score (nSPS) is 19.8. The first kappa shape index (κ1) is 11.4. The van der Waals surface area contributed by atoms with Crippen molar-refractivity contribution in [1.29, 1.82) is 0 Å². The molecule has 0 aromatic heterocycles. The Morgan fingerprint density at radius 2 is 1.88 bits per heavy atom. The molecule has 1 aliphatic rings. The molecule has 1 aliphatic heterocycles. The molecule has 0 unspecified atom stereocenters. The molecule has 0 spiro atoms. The fourth-order valence-corrected chi connectivity index (χ4v) is 3.51. The van der Waals surface area contributed by atoms with E-state index >= 15 is 0 Å². The Balaban J connectivity index is 2.51. The number of benzene rings is 1. The van der Waals surface area contributed by atoms with Gasteiger partial charge in [0, 0.05) is 13.1 Å². The van der Waals surface area contributed by atoms with Crippen molar-refractivity contribution in [2.45, 2.75) is 20.3 Å². The van der Waals surface area contributed by atoms with Crippen LogP contribution in [-0.4, -0.2) is 21.5 Å². The van der Waals surface area contributed by atoms with Gasteiger partial charge in [-0.15, -0.1) is 0 Å². The smallest absolute Gasteiger partial charge is 0.257 e. The van der Waals surface area contributed by atoms with Gasteiger partial charge < -0.3 is 0 Å². The molecule has 1 saturated heterocycles. The predicted octanol–water partition coefficient (Wildman–Crippen LogP) is 1.35. The van der Waals surface area contributed by atoms with Crippen LogP contribution >= 0.6 is 0 Å². The lowest BCUT2D eigenvalue weighted by molar-refractivity contribution is 0.560. The zero-order chi connectivity index (χ0) is 11.8. The van der Waals surface area contributed by atoms with Gasteiger partial charge in [-0.25, -0.2) is 0 Å². The average molecular weight is 240 g/mol. The maximum absolute atomic E-state index is 11.9. The lowest BCUT2D eigenvalue weighted by Crippen LogP contribution is -2.47. The Labute approximate surface area is 96.5 Å². The van der Waals surface area contributed by atoms with Gasteiger partial charge in [0.2, 0.25) is 0 Å². The van der Waals surface area contributed by atoms with Gasteiger partial charge in [0.25, 0.3) is 0 Å². The summed E-state index contributed by atoms with van der Waals surface area (Å²) in [6, 6.07) is 5.82. The van der Waals surface area contributed by atoms with Crippen LogP contribution in [0.25, 0.3) is 0 Å². The van der Waals surface area contributed by atoms with Gasteiger partial charge in [-0.05, 0) is 31.4 Å². The van der Waals surface area contributed by atoms with Crippen LogP contribution in [0.2, 0.25) is 0 Å². The van der Waals surface area contributed by atoms with Crippen molar-refractivity contribution in [1.82, 2.24) is 4.72 Å². The molecule has 5 heteroatoms. The minimum atomic E-state index is -3.34. The first-order valence-electron chi connectivity index (χ1n) is 5.36. The van der Waals surface area contributed by atoms with Crippen LogP contribution < -0.4 is 9.03 Å². The molecule has 0 saturated carbocycles. The number of aryl methyl sites for hydroxylation is 2. The van der Waals surface area contributed by atoms with Crippen molar-refractivity contribution < 1.29 is 8.42 Å². The van der Waals surface area contributed by atoms with E-state index in [-0.39, 0.29) is 0 Å². The van der Waals surface area contributed by atoms with Crippen molar-refractivity contribution in [2.75, 3.05) is 17.4 Å². The van der Waals surface area contributed by atoms with Gasteiger partial charge in [-0.1, -0.05) is 18.2 Å². The van der Waals surface area contributed by atoms with E-state index in [0.717, 1.165) is 23.2 Å². The Bertz CT molecular complexity index is 476. The second-order valence-corrected chi connectivity index (χ2v) is 5.75. The number of para-hydroxylation sites is 1. The summed E-state index contributed by atoms with van der Waals surface area (Å²) in [5.41, 5.74) is 2.80. The highest BCUT2D eigenvalue weighted by Crippen LogP contribution is 2.27. The highest BCUT2D eigenvalue weighted by Gasteiger charge is 2.27. The summed E-state index contributed by atoms with van der Waals surface area (Å²) < 4.78 is 27.8. The molecule has 88 valence electrons. The lowest BCUT2D eigenvalue weighted by atomic mass is 10.1. The van der Waals surface area contributed by atoms with Gasteiger partial charge in [0.1, 0.15) is 0 Å². The molecule has 1 fully saturated rings. The third-order valence-corrected chi connectivity index (χ3v) is 4.32. The molecule has 0 atom stereocenters.